The SMILES string of the molecule is CC(C)(C)c1ccc(CNC2CCCCC2)s1. The van der Waals surface area contributed by atoms with Crippen molar-refractivity contribution in [3.8, 4) is 0 Å². The predicted octanol–water partition coefficient (Wildman–Crippen LogP) is 4.47. The molecular weight excluding hydrogens is 226 g/mol. The van der Waals surface area contributed by atoms with Gasteiger partial charge < -0.3 is 5.32 Å². The van der Waals surface area contributed by atoms with E-state index in [1.165, 1.54) is 41.9 Å². The molecule has 1 fully saturated rings. The highest BCUT2D eigenvalue weighted by Gasteiger charge is 2.17. The molecule has 0 atom stereocenters. The van der Waals surface area contributed by atoms with Crippen molar-refractivity contribution in [1.82, 2.24) is 5.32 Å². The van der Waals surface area contributed by atoms with Crippen LogP contribution in [0.4, 0.5) is 0 Å². The molecule has 0 aliphatic heterocycles. The highest BCUT2D eigenvalue weighted by Crippen LogP contribution is 2.29. The topological polar surface area (TPSA) is 12.0 Å². The molecule has 0 unspecified atom stereocenters. The highest BCUT2D eigenvalue weighted by molar-refractivity contribution is 7.12. The fourth-order valence-electron chi connectivity index (χ4n) is 2.43. The van der Waals surface area contributed by atoms with Gasteiger partial charge in [0.1, 0.15) is 0 Å². The first kappa shape index (κ1) is 13.1. The largest absolute Gasteiger partial charge is 0.309 e. The molecular formula is C15H25NS. The van der Waals surface area contributed by atoms with Crippen molar-refractivity contribution in [2.24, 2.45) is 0 Å². The lowest BCUT2D eigenvalue weighted by Crippen LogP contribution is -2.30. The van der Waals surface area contributed by atoms with Gasteiger partial charge in [0, 0.05) is 22.3 Å². The minimum atomic E-state index is 0.299. The first-order chi connectivity index (χ1) is 8.05. The van der Waals surface area contributed by atoms with E-state index in [-0.39, 0.29) is 0 Å². The Morgan fingerprint density at radius 3 is 2.47 bits per heavy atom. The molecule has 1 nitrogen and oxygen atoms in total. The second kappa shape index (κ2) is 5.53. The second-order valence-corrected chi connectivity index (χ2v) is 7.40. The fraction of sp³-hybridized carbons (Fsp3) is 0.733. The molecule has 0 bridgehead atoms. The summed E-state index contributed by atoms with van der Waals surface area (Å²) < 4.78 is 0. The molecule has 0 spiro atoms. The molecule has 96 valence electrons. The molecule has 1 N–H and O–H groups in total. The maximum absolute atomic E-state index is 3.71. The van der Waals surface area contributed by atoms with E-state index >= 15 is 0 Å². The summed E-state index contributed by atoms with van der Waals surface area (Å²) in [6, 6.07) is 5.35. The monoisotopic (exact) mass is 251 g/mol. The summed E-state index contributed by atoms with van der Waals surface area (Å²) >= 11 is 1.97. The Morgan fingerprint density at radius 2 is 1.88 bits per heavy atom. The molecule has 0 aromatic carbocycles. The molecule has 0 saturated heterocycles. The Labute approximate surface area is 110 Å². The Hall–Kier alpha value is -0.340. The average molecular weight is 251 g/mol. The van der Waals surface area contributed by atoms with Crippen LogP contribution in [0.3, 0.4) is 0 Å². The average Bonchev–Trinajstić information content (AvgIpc) is 2.76. The number of hydrogen-bond acceptors (Lipinski definition) is 2. The first-order valence-electron chi connectivity index (χ1n) is 6.88. The molecule has 2 heteroatoms. The van der Waals surface area contributed by atoms with Crippen LogP contribution in [0.2, 0.25) is 0 Å². The molecule has 0 radical (unpaired) electrons. The number of rotatable bonds is 3. The van der Waals surface area contributed by atoms with Gasteiger partial charge in [-0.2, -0.15) is 0 Å². The number of thiophene rings is 1. The van der Waals surface area contributed by atoms with E-state index in [1.54, 1.807) is 0 Å². The highest BCUT2D eigenvalue weighted by atomic mass is 32.1. The summed E-state index contributed by atoms with van der Waals surface area (Å²) in [4.78, 5) is 2.98. The number of nitrogens with one attached hydrogen (secondary N) is 1. The van der Waals surface area contributed by atoms with Gasteiger partial charge in [-0.1, -0.05) is 40.0 Å². The normalized spacial score (nSPS) is 18.5. The molecule has 1 aromatic heterocycles. The van der Waals surface area contributed by atoms with Crippen molar-refractivity contribution >= 4 is 11.3 Å². The van der Waals surface area contributed by atoms with Gasteiger partial charge in [0.15, 0.2) is 0 Å². The van der Waals surface area contributed by atoms with E-state index in [1.807, 2.05) is 11.3 Å². The summed E-state index contributed by atoms with van der Waals surface area (Å²) in [5, 5.41) is 3.71. The van der Waals surface area contributed by atoms with Gasteiger partial charge in [0.2, 0.25) is 0 Å². The van der Waals surface area contributed by atoms with Crippen LogP contribution < -0.4 is 5.32 Å². The van der Waals surface area contributed by atoms with Crippen molar-refractivity contribution < 1.29 is 0 Å². The standard InChI is InChI=1S/C15H25NS/c1-15(2,3)14-10-9-13(17-14)11-16-12-7-5-4-6-8-12/h9-10,12,16H,4-8,11H2,1-3H3. The van der Waals surface area contributed by atoms with Crippen molar-refractivity contribution in [2.75, 3.05) is 0 Å². The van der Waals surface area contributed by atoms with Crippen LogP contribution in [-0.2, 0) is 12.0 Å². The van der Waals surface area contributed by atoms with E-state index in [0.717, 1.165) is 12.6 Å². The summed E-state index contributed by atoms with van der Waals surface area (Å²) in [7, 11) is 0. The van der Waals surface area contributed by atoms with E-state index in [0.29, 0.717) is 5.41 Å². The van der Waals surface area contributed by atoms with Crippen LogP contribution >= 0.6 is 11.3 Å². The fourth-order valence-corrected chi connectivity index (χ4v) is 3.44. The molecule has 17 heavy (non-hydrogen) atoms. The molecule has 1 saturated carbocycles. The first-order valence-corrected chi connectivity index (χ1v) is 7.70. The Bertz CT molecular complexity index is 342. The summed E-state index contributed by atoms with van der Waals surface area (Å²) in [6.07, 6.45) is 7.01. The zero-order valence-corrected chi connectivity index (χ0v) is 12.2. The third-order valence-corrected chi connectivity index (χ3v) is 5.08. The van der Waals surface area contributed by atoms with Crippen LogP contribution in [-0.4, -0.2) is 6.04 Å². The second-order valence-electron chi connectivity index (χ2n) is 6.23. The Kier molecular flexibility index (Phi) is 4.26. The van der Waals surface area contributed by atoms with Gasteiger partial charge >= 0.3 is 0 Å². The van der Waals surface area contributed by atoms with Crippen LogP contribution in [0.1, 0.15) is 62.6 Å². The van der Waals surface area contributed by atoms with Gasteiger partial charge in [0.25, 0.3) is 0 Å². The third-order valence-electron chi connectivity index (χ3n) is 3.57. The van der Waals surface area contributed by atoms with Crippen molar-refractivity contribution in [3.63, 3.8) is 0 Å². The van der Waals surface area contributed by atoms with Gasteiger partial charge in [-0.15, -0.1) is 11.3 Å². The maximum atomic E-state index is 3.71. The van der Waals surface area contributed by atoms with E-state index in [2.05, 4.69) is 38.2 Å². The summed E-state index contributed by atoms with van der Waals surface area (Å²) in [6.45, 7) is 7.93. The molecule has 0 amide bonds. The van der Waals surface area contributed by atoms with Gasteiger partial charge in [-0.05, 0) is 30.4 Å². The van der Waals surface area contributed by atoms with Crippen LogP contribution in [0.25, 0.3) is 0 Å². The summed E-state index contributed by atoms with van der Waals surface area (Å²) in [5.41, 5.74) is 0.299. The maximum Gasteiger partial charge on any atom is 0.0302 e. The molecule has 1 heterocycles. The zero-order valence-electron chi connectivity index (χ0n) is 11.4. The molecule has 2 rings (SSSR count). The lowest BCUT2D eigenvalue weighted by atomic mass is 9.95. The lowest BCUT2D eigenvalue weighted by Gasteiger charge is -2.22. The molecule has 1 aromatic rings. The van der Waals surface area contributed by atoms with Gasteiger partial charge in [-0.3, -0.25) is 0 Å². The molecule has 1 aliphatic rings. The van der Waals surface area contributed by atoms with Crippen molar-refractivity contribution in [2.45, 2.75) is 70.9 Å². The van der Waals surface area contributed by atoms with E-state index < -0.39 is 0 Å². The minimum Gasteiger partial charge on any atom is -0.309 e. The Balaban J connectivity index is 1.84. The van der Waals surface area contributed by atoms with Crippen molar-refractivity contribution in [3.05, 3.63) is 21.9 Å². The summed E-state index contributed by atoms with van der Waals surface area (Å²) in [5.74, 6) is 0. The van der Waals surface area contributed by atoms with Crippen LogP contribution in [0.5, 0.6) is 0 Å². The van der Waals surface area contributed by atoms with Gasteiger partial charge in [-0.25, -0.2) is 0 Å². The minimum absolute atomic E-state index is 0.299. The van der Waals surface area contributed by atoms with Crippen LogP contribution in [0.15, 0.2) is 12.1 Å². The zero-order chi connectivity index (χ0) is 12.3. The lowest BCUT2D eigenvalue weighted by molar-refractivity contribution is 0.373. The van der Waals surface area contributed by atoms with E-state index in [9.17, 15) is 0 Å². The third kappa shape index (κ3) is 3.82. The van der Waals surface area contributed by atoms with Gasteiger partial charge in [0.05, 0.1) is 0 Å². The number of hydrogen-bond donors (Lipinski definition) is 1. The quantitative estimate of drug-likeness (QED) is 0.836. The van der Waals surface area contributed by atoms with E-state index in [4.69, 9.17) is 0 Å². The smallest absolute Gasteiger partial charge is 0.0302 e. The van der Waals surface area contributed by atoms with Crippen molar-refractivity contribution in [1.29, 1.82) is 0 Å². The van der Waals surface area contributed by atoms with Crippen LogP contribution in [0, 0.1) is 0 Å². The predicted molar refractivity (Wildman–Crippen MR) is 76.7 cm³/mol. The molecule has 1 aliphatic carbocycles. The Morgan fingerprint density at radius 1 is 1.18 bits per heavy atom.